The van der Waals surface area contributed by atoms with Gasteiger partial charge in [-0.25, -0.2) is 0 Å². The third-order valence-electron chi connectivity index (χ3n) is 3.39. The van der Waals surface area contributed by atoms with Gasteiger partial charge < -0.3 is 4.74 Å². The molecule has 0 N–H and O–H groups in total. The monoisotopic (exact) mass is 253 g/mol. The predicted molar refractivity (Wildman–Crippen MR) is 81.8 cm³/mol. The van der Waals surface area contributed by atoms with Crippen molar-refractivity contribution < 1.29 is 4.74 Å². The second-order valence-corrected chi connectivity index (χ2v) is 4.56. The summed E-state index contributed by atoms with van der Waals surface area (Å²) in [5.74, 6) is 0.961. The molecule has 2 heteroatoms. The summed E-state index contributed by atoms with van der Waals surface area (Å²) in [5, 5.41) is 0. The zero-order chi connectivity index (χ0) is 13.8. The number of ether oxygens (including phenoxy) is 1. The Labute approximate surface area is 114 Å². The van der Waals surface area contributed by atoms with Crippen molar-refractivity contribution in [1.29, 1.82) is 0 Å². The van der Waals surface area contributed by atoms with Crippen molar-refractivity contribution in [2.24, 2.45) is 4.99 Å². The predicted octanol–water partition coefficient (Wildman–Crippen LogP) is 4.24. The van der Waals surface area contributed by atoms with Gasteiger partial charge in [-0.3, -0.25) is 4.99 Å². The molecule has 0 unspecified atom stereocenters. The zero-order valence-electron chi connectivity index (χ0n) is 11.6. The van der Waals surface area contributed by atoms with Crippen molar-refractivity contribution >= 4 is 11.3 Å². The Kier molecular flexibility index (Phi) is 4.00. The van der Waals surface area contributed by atoms with Crippen molar-refractivity contribution in [1.82, 2.24) is 0 Å². The molecule has 1 heterocycles. The molecule has 2 rings (SSSR count). The Morgan fingerprint density at radius 3 is 2.74 bits per heavy atom. The first kappa shape index (κ1) is 13.3. The minimum atomic E-state index is 0.637. The van der Waals surface area contributed by atoms with Gasteiger partial charge in [0.15, 0.2) is 0 Å². The third kappa shape index (κ3) is 2.53. The van der Waals surface area contributed by atoms with Crippen LogP contribution in [0.5, 0.6) is 5.75 Å². The van der Waals surface area contributed by atoms with Gasteiger partial charge in [-0.1, -0.05) is 37.4 Å². The number of hydrogen-bond acceptors (Lipinski definition) is 2. The largest absolute Gasteiger partial charge is 0.492 e. The van der Waals surface area contributed by atoms with Gasteiger partial charge in [-0.05, 0) is 25.0 Å². The van der Waals surface area contributed by atoms with E-state index in [1.54, 1.807) is 12.3 Å². The molecule has 0 saturated carbocycles. The van der Waals surface area contributed by atoms with E-state index in [4.69, 9.17) is 4.74 Å². The van der Waals surface area contributed by atoms with Gasteiger partial charge in [0.1, 0.15) is 5.75 Å². The summed E-state index contributed by atoms with van der Waals surface area (Å²) in [7, 11) is 0. The summed E-state index contributed by atoms with van der Waals surface area (Å²) in [6.07, 6.45) is 6.14. The molecule has 0 radical (unpaired) electrons. The third-order valence-corrected chi connectivity index (χ3v) is 3.39. The molecule has 1 aliphatic rings. The van der Waals surface area contributed by atoms with E-state index >= 15 is 0 Å². The summed E-state index contributed by atoms with van der Waals surface area (Å²) in [6, 6.07) is 4.21. The number of allylic oxidation sites excluding steroid dienone is 3. The van der Waals surface area contributed by atoms with E-state index in [-0.39, 0.29) is 0 Å². The van der Waals surface area contributed by atoms with Crippen LogP contribution in [0, 0.1) is 13.8 Å². The highest BCUT2D eigenvalue weighted by Gasteiger charge is 2.20. The molecule has 0 aromatic heterocycles. The molecule has 0 amide bonds. The fourth-order valence-electron chi connectivity index (χ4n) is 2.28. The van der Waals surface area contributed by atoms with Crippen molar-refractivity contribution in [3.05, 3.63) is 60.3 Å². The molecule has 0 atom stereocenters. The van der Waals surface area contributed by atoms with E-state index in [2.05, 4.69) is 44.1 Å². The van der Waals surface area contributed by atoms with Gasteiger partial charge in [-0.15, -0.1) is 0 Å². The van der Waals surface area contributed by atoms with Crippen LogP contribution in [0.4, 0.5) is 0 Å². The Morgan fingerprint density at radius 2 is 2.05 bits per heavy atom. The molecule has 0 fully saturated rings. The van der Waals surface area contributed by atoms with Crippen molar-refractivity contribution in [3.8, 4) is 5.75 Å². The van der Waals surface area contributed by atoms with Gasteiger partial charge in [0, 0.05) is 23.8 Å². The van der Waals surface area contributed by atoms with Crippen LogP contribution in [0.15, 0.2) is 48.6 Å². The van der Waals surface area contributed by atoms with Crippen LogP contribution in [0.25, 0.3) is 5.57 Å². The minimum Gasteiger partial charge on any atom is -0.492 e. The van der Waals surface area contributed by atoms with E-state index in [1.165, 1.54) is 11.1 Å². The normalized spacial score (nSPS) is 18.6. The zero-order valence-corrected chi connectivity index (χ0v) is 11.6. The van der Waals surface area contributed by atoms with Gasteiger partial charge in [-0.2, -0.15) is 0 Å². The highest BCUT2D eigenvalue weighted by Crippen LogP contribution is 2.35. The molecule has 98 valence electrons. The van der Waals surface area contributed by atoms with Crippen LogP contribution in [0.1, 0.15) is 23.1 Å². The lowest BCUT2D eigenvalue weighted by atomic mass is 9.95. The van der Waals surface area contributed by atoms with Gasteiger partial charge >= 0.3 is 0 Å². The fourth-order valence-corrected chi connectivity index (χ4v) is 2.28. The second-order valence-electron chi connectivity index (χ2n) is 4.56. The van der Waals surface area contributed by atoms with E-state index in [9.17, 15) is 0 Å². The Bertz CT molecular complexity index is 579. The summed E-state index contributed by atoms with van der Waals surface area (Å²) in [4.78, 5) is 4.38. The molecule has 1 aliphatic heterocycles. The molecular weight excluding hydrogens is 234 g/mol. The van der Waals surface area contributed by atoms with Crippen LogP contribution in [0.2, 0.25) is 0 Å². The number of aryl methyl sites for hydroxylation is 1. The lowest BCUT2D eigenvalue weighted by molar-refractivity contribution is 0.328. The number of aliphatic imine (C=N–C) groups is 1. The molecule has 19 heavy (non-hydrogen) atoms. The Balaban J connectivity index is 2.68. The van der Waals surface area contributed by atoms with E-state index in [1.807, 2.05) is 6.08 Å². The Morgan fingerprint density at radius 1 is 1.26 bits per heavy atom. The number of fused-ring (bicyclic) bond motifs is 1. The molecule has 2 nitrogen and oxygen atoms in total. The first-order chi connectivity index (χ1) is 9.19. The lowest BCUT2D eigenvalue weighted by Gasteiger charge is -2.13. The highest BCUT2D eigenvalue weighted by molar-refractivity contribution is 6.25. The number of nitrogens with zero attached hydrogens (tertiary/aromatic N) is 1. The van der Waals surface area contributed by atoms with E-state index in [0.29, 0.717) is 6.61 Å². The molecule has 1 aromatic rings. The van der Waals surface area contributed by atoms with Gasteiger partial charge in [0.25, 0.3) is 0 Å². The van der Waals surface area contributed by atoms with Crippen molar-refractivity contribution in [2.75, 3.05) is 6.61 Å². The average Bonchev–Trinajstić information content (AvgIpc) is 2.56. The van der Waals surface area contributed by atoms with Crippen LogP contribution in [-0.2, 0) is 0 Å². The molecule has 0 bridgehead atoms. The fraction of sp³-hybridized carbons (Fsp3) is 0.235. The van der Waals surface area contributed by atoms with Gasteiger partial charge in [0.05, 0.1) is 12.3 Å². The second kappa shape index (κ2) is 5.70. The quantitative estimate of drug-likeness (QED) is 0.772. The smallest absolute Gasteiger partial charge is 0.130 e. The average molecular weight is 253 g/mol. The maximum atomic E-state index is 5.92. The topological polar surface area (TPSA) is 21.6 Å². The lowest BCUT2D eigenvalue weighted by Crippen LogP contribution is -2.03. The maximum Gasteiger partial charge on any atom is 0.130 e. The maximum absolute atomic E-state index is 5.92. The van der Waals surface area contributed by atoms with Gasteiger partial charge in [0.2, 0.25) is 0 Å². The first-order valence-electron chi connectivity index (χ1n) is 6.43. The van der Waals surface area contributed by atoms with Crippen LogP contribution in [-0.4, -0.2) is 12.3 Å². The van der Waals surface area contributed by atoms with Crippen LogP contribution >= 0.6 is 0 Å². The number of hydrogen-bond donors (Lipinski definition) is 0. The van der Waals surface area contributed by atoms with Crippen molar-refractivity contribution in [2.45, 2.75) is 20.3 Å². The Hall–Kier alpha value is -2.09. The standard InChI is InChI=1S/C17H19NO/c1-5-7-14-15-9-8-12(3)13(4)17(15)19-11-10-16(14)18-6-2/h5-9H,1-2,10-11H2,3-4H3/b14-7-,18-16-. The summed E-state index contributed by atoms with van der Waals surface area (Å²) in [6.45, 7) is 12.3. The molecule has 1 aromatic carbocycles. The molecule has 0 aliphatic carbocycles. The summed E-state index contributed by atoms with van der Waals surface area (Å²) < 4.78 is 5.92. The van der Waals surface area contributed by atoms with E-state index in [0.717, 1.165) is 29.0 Å². The minimum absolute atomic E-state index is 0.637. The molecule has 0 saturated heterocycles. The first-order valence-corrected chi connectivity index (χ1v) is 6.43. The highest BCUT2D eigenvalue weighted by atomic mass is 16.5. The number of benzene rings is 1. The SMILES string of the molecule is C=C/C=C1\C(=N/C=C)CCOc2c1ccc(C)c2C. The molecular formula is C17H19NO. The molecule has 0 spiro atoms. The summed E-state index contributed by atoms with van der Waals surface area (Å²) >= 11 is 0. The summed E-state index contributed by atoms with van der Waals surface area (Å²) in [5.41, 5.74) is 5.58. The van der Waals surface area contributed by atoms with Crippen LogP contribution < -0.4 is 4.74 Å². The van der Waals surface area contributed by atoms with Crippen LogP contribution in [0.3, 0.4) is 0 Å². The van der Waals surface area contributed by atoms with Crippen molar-refractivity contribution in [3.63, 3.8) is 0 Å². The number of rotatable bonds is 2. The van der Waals surface area contributed by atoms with E-state index < -0.39 is 0 Å².